The van der Waals surface area contributed by atoms with Crippen LogP contribution in [0.4, 0.5) is 10.1 Å². The van der Waals surface area contributed by atoms with Crippen LogP contribution in [0.15, 0.2) is 51.8 Å². The molecule has 19 heavy (non-hydrogen) atoms. The highest BCUT2D eigenvalue weighted by atomic mass is 127. The van der Waals surface area contributed by atoms with Gasteiger partial charge in [-0.2, -0.15) is 0 Å². The SMILES string of the molecule is O=S(=O)(Nc1ccc(I)cc1F)c1ccccc1Br. The summed E-state index contributed by atoms with van der Waals surface area (Å²) in [5.41, 5.74) is -0.0730. The molecule has 0 saturated heterocycles. The van der Waals surface area contributed by atoms with Crippen LogP contribution in [0.5, 0.6) is 0 Å². The van der Waals surface area contributed by atoms with Crippen molar-refractivity contribution >= 4 is 54.2 Å². The number of benzene rings is 2. The number of nitrogens with one attached hydrogen (secondary N) is 1. The van der Waals surface area contributed by atoms with Gasteiger partial charge in [-0.05, 0) is 68.9 Å². The van der Waals surface area contributed by atoms with Crippen LogP contribution in [0.1, 0.15) is 0 Å². The Hall–Kier alpha value is -0.670. The summed E-state index contributed by atoms with van der Waals surface area (Å²) in [5.74, 6) is -0.609. The lowest BCUT2D eigenvalue weighted by Crippen LogP contribution is -2.14. The van der Waals surface area contributed by atoms with E-state index in [2.05, 4.69) is 20.7 Å². The van der Waals surface area contributed by atoms with Crippen LogP contribution in [0, 0.1) is 9.39 Å². The summed E-state index contributed by atoms with van der Waals surface area (Å²) >= 11 is 5.11. The molecule has 0 aliphatic heterocycles. The Morgan fingerprint density at radius 1 is 1.16 bits per heavy atom. The third-order valence-corrected chi connectivity index (χ3v) is 5.35. The van der Waals surface area contributed by atoms with E-state index in [0.29, 0.717) is 8.04 Å². The Balaban J connectivity index is 2.40. The maximum atomic E-state index is 13.7. The zero-order valence-electron chi connectivity index (χ0n) is 9.40. The molecule has 1 N–H and O–H groups in total. The van der Waals surface area contributed by atoms with E-state index in [9.17, 15) is 12.8 Å². The zero-order chi connectivity index (χ0) is 14.0. The molecule has 2 aromatic carbocycles. The number of hydrogen-bond donors (Lipinski definition) is 1. The third kappa shape index (κ3) is 3.46. The number of hydrogen-bond acceptors (Lipinski definition) is 2. The van der Waals surface area contributed by atoms with E-state index in [0.717, 1.165) is 0 Å². The summed E-state index contributed by atoms with van der Waals surface area (Å²) in [6.07, 6.45) is 0. The summed E-state index contributed by atoms with van der Waals surface area (Å²) in [5, 5.41) is 0. The van der Waals surface area contributed by atoms with Crippen molar-refractivity contribution in [2.75, 3.05) is 4.72 Å². The van der Waals surface area contributed by atoms with Gasteiger partial charge in [-0.25, -0.2) is 12.8 Å². The van der Waals surface area contributed by atoms with Crippen molar-refractivity contribution < 1.29 is 12.8 Å². The second-order valence-corrected chi connectivity index (χ2v) is 7.41. The number of rotatable bonds is 3. The van der Waals surface area contributed by atoms with Crippen LogP contribution in [-0.2, 0) is 10.0 Å². The molecule has 3 nitrogen and oxygen atoms in total. The van der Waals surface area contributed by atoms with Gasteiger partial charge in [0.1, 0.15) is 10.7 Å². The average Bonchev–Trinajstić information content (AvgIpc) is 2.33. The van der Waals surface area contributed by atoms with Gasteiger partial charge in [0, 0.05) is 8.04 Å². The lowest BCUT2D eigenvalue weighted by molar-refractivity contribution is 0.598. The Morgan fingerprint density at radius 2 is 1.84 bits per heavy atom. The Kier molecular flexibility index (Phi) is 4.46. The standard InChI is InChI=1S/C12H8BrFINO2S/c13-9-3-1-2-4-12(9)19(17,18)16-11-6-5-8(15)7-10(11)14/h1-7,16H. The van der Waals surface area contributed by atoms with Gasteiger partial charge in [0.2, 0.25) is 0 Å². The fourth-order valence-electron chi connectivity index (χ4n) is 1.43. The fourth-order valence-corrected chi connectivity index (χ4v) is 3.96. The molecule has 7 heteroatoms. The number of anilines is 1. The topological polar surface area (TPSA) is 46.2 Å². The maximum Gasteiger partial charge on any atom is 0.263 e. The van der Waals surface area contributed by atoms with Crippen LogP contribution in [0.2, 0.25) is 0 Å². The van der Waals surface area contributed by atoms with E-state index in [1.54, 1.807) is 24.3 Å². The van der Waals surface area contributed by atoms with Crippen LogP contribution in [-0.4, -0.2) is 8.42 Å². The van der Waals surface area contributed by atoms with E-state index >= 15 is 0 Å². The summed E-state index contributed by atoms with van der Waals surface area (Å²) in [7, 11) is -3.82. The van der Waals surface area contributed by atoms with Crippen molar-refractivity contribution in [3.8, 4) is 0 Å². The highest BCUT2D eigenvalue weighted by Gasteiger charge is 2.18. The molecule has 0 aliphatic rings. The predicted molar refractivity (Wildman–Crippen MR) is 84.1 cm³/mol. The zero-order valence-corrected chi connectivity index (χ0v) is 14.0. The van der Waals surface area contributed by atoms with Crippen molar-refractivity contribution in [3.63, 3.8) is 0 Å². The summed E-state index contributed by atoms with van der Waals surface area (Å²) < 4.78 is 41.3. The highest BCUT2D eigenvalue weighted by Crippen LogP contribution is 2.25. The average molecular weight is 456 g/mol. The van der Waals surface area contributed by atoms with Gasteiger partial charge < -0.3 is 0 Å². The first-order valence-corrected chi connectivity index (χ1v) is 8.48. The largest absolute Gasteiger partial charge is 0.277 e. The molecule has 0 fully saturated rings. The lowest BCUT2D eigenvalue weighted by Gasteiger charge is -2.10. The fraction of sp³-hybridized carbons (Fsp3) is 0. The van der Waals surface area contributed by atoms with E-state index in [4.69, 9.17) is 0 Å². The van der Waals surface area contributed by atoms with E-state index in [1.807, 2.05) is 22.6 Å². The molecule has 0 saturated carbocycles. The van der Waals surface area contributed by atoms with Gasteiger partial charge in [-0.1, -0.05) is 12.1 Å². The van der Waals surface area contributed by atoms with Crippen molar-refractivity contribution in [1.29, 1.82) is 0 Å². The molecule has 0 radical (unpaired) electrons. The Labute approximate surface area is 132 Å². The molecule has 0 aliphatic carbocycles. The minimum Gasteiger partial charge on any atom is -0.277 e. The first-order chi connectivity index (χ1) is 8.90. The van der Waals surface area contributed by atoms with Crippen molar-refractivity contribution in [2.24, 2.45) is 0 Å². The minimum atomic E-state index is -3.82. The molecule has 0 aromatic heterocycles. The molecule has 2 rings (SSSR count). The van der Waals surface area contributed by atoms with Crippen LogP contribution < -0.4 is 4.72 Å². The second kappa shape index (κ2) is 5.76. The normalized spacial score (nSPS) is 11.3. The van der Waals surface area contributed by atoms with Gasteiger partial charge in [-0.3, -0.25) is 4.72 Å². The van der Waals surface area contributed by atoms with Crippen LogP contribution >= 0.6 is 38.5 Å². The van der Waals surface area contributed by atoms with Crippen molar-refractivity contribution in [2.45, 2.75) is 4.90 Å². The first-order valence-electron chi connectivity index (χ1n) is 5.12. The Bertz CT molecular complexity index is 721. The van der Waals surface area contributed by atoms with E-state index in [1.165, 1.54) is 18.2 Å². The van der Waals surface area contributed by atoms with Gasteiger partial charge in [0.05, 0.1) is 5.69 Å². The molecule has 0 bridgehead atoms. The molecule has 0 spiro atoms. The first kappa shape index (κ1) is 14.7. The predicted octanol–water partition coefficient (Wildman–Crippen LogP) is 3.99. The molecular weight excluding hydrogens is 448 g/mol. The summed E-state index contributed by atoms with van der Waals surface area (Å²) in [6.45, 7) is 0. The summed E-state index contributed by atoms with van der Waals surface area (Å²) in [6, 6.07) is 10.6. The Morgan fingerprint density at radius 3 is 2.47 bits per heavy atom. The highest BCUT2D eigenvalue weighted by molar-refractivity contribution is 14.1. The number of halogens is 3. The van der Waals surface area contributed by atoms with Crippen molar-refractivity contribution in [3.05, 3.63) is 56.3 Å². The molecule has 2 aromatic rings. The quantitative estimate of drug-likeness (QED) is 0.711. The third-order valence-electron chi connectivity index (χ3n) is 2.30. The van der Waals surface area contributed by atoms with Gasteiger partial charge >= 0.3 is 0 Å². The molecule has 0 amide bonds. The molecule has 0 heterocycles. The van der Waals surface area contributed by atoms with Crippen molar-refractivity contribution in [1.82, 2.24) is 0 Å². The second-order valence-electron chi connectivity index (χ2n) is 3.66. The van der Waals surface area contributed by atoms with E-state index in [-0.39, 0.29) is 10.6 Å². The van der Waals surface area contributed by atoms with E-state index < -0.39 is 15.8 Å². The maximum absolute atomic E-state index is 13.7. The molecule has 0 atom stereocenters. The van der Waals surface area contributed by atoms with Crippen LogP contribution in [0.25, 0.3) is 0 Å². The molecule has 0 unspecified atom stereocenters. The molecular formula is C12H8BrFINO2S. The lowest BCUT2D eigenvalue weighted by atomic mass is 10.3. The van der Waals surface area contributed by atoms with Gasteiger partial charge in [0.25, 0.3) is 10.0 Å². The summed E-state index contributed by atoms with van der Waals surface area (Å²) in [4.78, 5) is 0.0629. The minimum absolute atomic E-state index is 0.0629. The van der Waals surface area contributed by atoms with Crippen LogP contribution in [0.3, 0.4) is 0 Å². The smallest absolute Gasteiger partial charge is 0.263 e. The monoisotopic (exact) mass is 455 g/mol. The number of sulfonamides is 1. The van der Waals surface area contributed by atoms with Gasteiger partial charge in [0.15, 0.2) is 0 Å². The molecule has 100 valence electrons. The van der Waals surface area contributed by atoms with Gasteiger partial charge in [-0.15, -0.1) is 0 Å².